The molecule has 2 N–H and O–H groups in total. The number of hydrogen-bond donors (Lipinski definition) is 1. The van der Waals surface area contributed by atoms with Crippen molar-refractivity contribution in [3.05, 3.63) is 57.8 Å². The topological polar surface area (TPSA) is 44.5 Å². The predicted octanol–water partition coefficient (Wildman–Crippen LogP) is 4.04. The molecule has 0 aliphatic rings. The Labute approximate surface area is 132 Å². The second-order valence-corrected chi connectivity index (χ2v) is 5.35. The van der Waals surface area contributed by atoms with Gasteiger partial charge in [-0.05, 0) is 58.2 Å². The fourth-order valence-electron chi connectivity index (χ4n) is 2.05. The van der Waals surface area contributed by atoms with E-state index in [1.54, 1.807) is 12.1 Å². The molecule has 2 aromatic rings. The van der Waals surface area contributed by atoms with Crippen LogP contribution in [0.2, 0.25) is 0 Å². The normalized spacial score (nSPS) is 12.0. The number of hydrogen-bond acceptors (Lipinski definition) is 3. The van der Waals surface area contributed by atoms with Crippen molar-refractivity contribution in [3.63, 3.8) is 0 Å². The second-order valence-electron chi connectivity index (χ2n) is 4.49. The van der Waals surface area contributed by atoms with Crippen LogP contribution in [0.4, 0.5) is 4.39 Å². The summed E-state index contributed by atoms with van der Waals surface area (Å²) in [6, 6.07) is 9.93. The third-order valence-electron chi connectivity index (χ3n) is 3.15. The molecule has 1 unspecified atom stereocenters. The molecule has 5 heteroatoms. The molecule has 0 aliphatic heterocycles. The maximum atomic E-state index is 13.8. The number of halogens is 2. The van der Waals surface area contributed by atoms with Crippen LogP contribution in [0.3, 0.4) is 0 Å². The summed E-state index contributed by atoms with van der Waals surface area (Å²) in [4.78, 5) is 0. The van der Waals surface area contributed by atoms with Gasteiger partial charge in [-0.15, -0.1) is 0 Å². The number of methoxy groups -OCH3 is 1. The Morgan fingerprint density at radius 1 is 1.14 bits per heavy atom. The van der Waals surface area contributed by atoms with Gasteiger partial charge in [-0.25, -0.2) is 4.39 Å². The minimum Gasteiger partial charge on any atom is -0.494 e. The minimum absolute atomic E-state index is 0.207. The average Bonchev–Trinajstić information content (AvgIpc) is 2.48. The number of rotatable bonds is 5. The summed E-state index contributed by atoms with van der Waals surface area (Å²) < 4.78 is 25.0. The van der Waals surface area contributed by atoms with Crippen molar-refractivity contribution in [1.29, 1.82) is 0 Å². The van der Waals surface area contributed by atoms with E-state index < -0.39 is 11.9 Å². The van der Waals surface area contributed by atoms with Crippen molar-refractivity contribution < 1.29 is 13.9 Å². The van der Waals surface area contributed by atoms with Crippen LogP contribution in [0, 0.1) is 5.82 Å². The van der Waals surface area contributed by atoms with E-state index in [9.17, 15) is 4.39 Å². The first-order valence-electron chi connectivity index (χ1n) is 6.58. The lowest BCUT2D eigenvalue weighted by atomic mass is 9.99. The first-order valence-corrected chi connectivity index (χ1v) is 7.37. The Balaban J connectivity index is 2.29. The third-order valence-corrected chi connectivity index (χ3v) is 3.77. The van der Waals surface area contributed by atoms with Gasteiger partial charge in [0.2, 0.25) is 0 Å². The molecular weight excluding hydrogens is 337 g/mol. The predicted molar refractivity (Wildman–Crippen MR) is 84.3 cm³/mol. The Morgan fingerprint density at radius 3 is 2.29 bits per heavy atom. The summed E-state index contributed by atoms with van der Waals surface area (Å²) in [7, 11) is 1.43. The van der Waals surface area contributed by atoms with E-state index in [0.717, 1.165) is 15.8 Å². The summed E-state index contributed by atoms with van der Waals surface area (Å²) in [5.74, 6) is 0.545. The van der Waals surface area contributed by atoms with Crippen molar-refractivity contribution in [2.24, 2.45) is 5.73 Å². The second kappa shape index (κ2) is 6.91. The van der Waals surface area contributed by atoms with Gasteiger partial charge in [-0.3, -0.25) is 0 Å². The molecule has 0 amide bonds. The van der Waals surface area contributed by atoms with Crippen molar-refractivity contribution in [2.75, 3.05) is 13.7 Å². The summed E-state index contributed by atoms with van der Waals surface area (Å²) in [6.07, 6.45) is 0. The SMILES string of the molecule is CCOc1ccc(C(N)c2ccc(OC)c(F)c2)cc1Br. The highest BCUT2D eigenvalue weighted by atomic mass is 79.9. The van der Waals surface area contributed by atoms with Gasteiger partial charge in [0.05, 0.1) is 24.2 Å². The van der Waals surface area contributed by atoms with E-state index in [1.807, 2.05) is 25.1 Å². The number of nitrogens with two attached hydrogens (primary N) is 1. The van der Waals surface area contributed by atoms with Crippen LogP contribution >= 0.6 is 15.9 Å². The molecule has 0 saturated carbocycles. The van der Waals surface area contributed by atoms with E-state index in [2.05, 4.69) is 15.9 Å². The van der Waals surface area contributed by atoms with E-state index in [-0.39, 0.29) is 5.75 Å². The van der Waals surface area contributed by atoms with E-state index in [4.69, 9.17) is 15.2 Å². The van der Waals surface area contributed by atoms with E-state index in [0.29, 0.717) is 12.2 Å². The highest BCUT2D eigenvalue weighted by Gasteiger charge is 2.13. The molecule has 2 aromatic carbocycles. The van der Waals surface area contributed by atoms with Crippen molar-refractivity contribution >= 4 is 15.9 Å². The standard InChI is InChI=1S/C16H17BrFNO2/c1-3-21-14-6-4-10(8-12(14)17)16(19)11-5-7-15(20-2)13(18)9-11/h4-9,16H,3,19H2,1-2H3. The summed E-state index contributed by atoms with van der Waals surface area (Å²) >= 11 is 3.45. The van der Waals surface area contributed by atoms with Gasteiger partial charge in [-0.2, -0.15) is 0 Å². The van der Waals surface area contributed by atoms with Gasteiger partial charge < -0.3 is 15.2 Å². The lowest BCUT2D eigenvalue weighted by molar-refractivity contribution is 0.338. The zero-order valence-electron chi connectivity index (χ0n) is 11.9. The fourth-order valence-corrected chi connectivity index (χ4v) is 2.56. The molecule has 0 bridgehead atoms. The summed E-state index contributed by atoms with van der Waals surface area (Å²) in [5.41, 5.74) is 7.76. The first-order chi connectivity index (χ1) is 10.1. The first kappa shape index (κ1) is 15.8. The minimum atomic E-state index is -0.421. The molecule has 0 aromatic heterocycles. The zero-order chi connectivity index (χ0) is 15.4. The highest BCUT2D eigenvalue weighted by molar-refractivity contribution is 9.10. The van der Waals surface area contributed by atoms with Crippen molar-refractivity contribution in [2.45, 2.75) is 13.0 Å². The van der Waals surface area contributed by atoms with Crippen LogP contribution in [-0.2, 0) is 0 Å². The number of ether oxygens (including phenoxy) is 2. The molecule has 0 aliphatic carbocycles. The van der Waals surface area contributed by atoms with Crippen LogP contribution in [0.25, 0.3) is 0 Å². The van der Waals surface area contributed by atoms with Crippen molar-refractivity contribution in [3.8, 4) is 11.5 Å². The summed E-state index contributed by atoms with van der Waals surface area (Å²) in [6.45, 7) is 2.51. The lowest BCUT2D eigenvalue weighted by Gasteiger charge is -2.15. The molecule has 2 rings (SSSR count). The van der Waals surface area contributed by atoms with Crippen LogP contribution < -0.4 is 15.2 Å². The molecule has 0 saturated heterocycles. The Hall–Kier alpha value is -1.59. The maximum absolute atomic E-state index is 13.8. The number of benzene rings is 2. The molecule has 112 valence electrons. The largest absolute Gasteiger partial charge is 0.494 e. The molecule has 21 heavy (non-hydrogen) atoms. The molecule has 0 fully saturated rings. The molecule has 0 heterocycles. The summed E-state index contributed by atoms with van der Waals surface area (Å²) in [5, 5.41) is 0. The Morgan fingerprint density at radius 2 is 1.76 bits per heavy atom. The molecule has 0 radical (unpaired) electrons. The maximum Gasteiger partial charge on any atom is 0.165 e. The van der Waals surface area contributed by atoms with Gasteiger partial charge in [0.1, 0.15) is 5.75 Å². The van der Waals surface area contributed by atoms with Crippen molar-refractivity contribution in [1.82, 2.24) is 0 Å². The third kappa shape index (κ3) is 3.54. The van der Waals surface area contributed by atoms with E-state index >= 15 is 0 Å². The van der Waals surface area contributed by atoms with Crippen LogP contribution in [0.15, 0.2) is 40.9 Å². The molecule has 1 atom stereocenters. The average molecular weight is 354 g/mol. The monoisotopic (exact) mass is 353 g/mol. The lowest BCUT2D eigenvalue weighted by Crippen LogP contribution is -2.12. The highest BCUT2D eigenvalue weighted by Crippen LogP contribution is 2.31. The molecule has 0 spiro atoms. The molecular formula is C16H17BrFNO2. The van der Waals surface area contributed by atoms with Crippen LogP contribution in [-0.4, -0.2) is 13.7 Å². The van der Waals surface area contributed by atoms with Gasteiger partial charge in [0.15, 0.2) is 11.6 Å². The van der Waals surface area contributed by atoms with Gasteiger partial charge in [0.25, 0.3) is 0 Å². The van der Waals surface area contributed by atoms with Crippen LogP contribution in [0.5, 0.6) is 11.5 Å². The molecule has 3 nitrogen and oxygen atoms in total. The van der Waals surface area contributed by atoms with Gasteiger partial charge in [-0.1, -0.05) is 12.1 Å². The van der Waals surface area contributed by atoms with E-state index in [1.165, 1.54) is 13.2 Å². The Bertz CT molecular complexity index is 634. The van der Waals surface area contributed by atoms with Gasteiger partial charge in [0, 0.05) is 0 Å². The Kier molecular flexibility index (Phi) is 5.20. The smallest absolute Gasteiger partial charge is 0.165 e. The quantitative estimate of drug-likeness (QED) is 0.881. The van der Waals surface area contributed by atoms with Crippen LogP contribution in [0.1, 0.15) is 24.1 Å². The fraction of sp³-hybridized carbons (Fsp3) is 0.250. The van der Waals surface area contributed by atoms with Gasteiger partial charge >= 0.3 is 0 Å². The zero-order valence-corrected chi connectivity index (χ0v) is 13.5.